The lowest BCUT2D eigenvalue weighted by molar-refractivity contribution is 0.0696. The SMILES string of the molecule is CCCc1cc(C(=O)O)cc(NCCc2ccc(Cl)s2)n1. The maximum atomic E-state index is 11.1. The van der Waals surface area contributed by atoms with E-state index >= 15 is 0 Å². The molecule has 2 N–H and O–H groups in total. The zero-order chi connectivity index (χ0) is 15.2. The van der Waals surface area contributed by atoms with Crippen LogP contribution in [0.15, 0.2) is 24.3 Å². The van der Waals surface area contributed by atoms with Crippen molar-refractivity contribution in [2.75, 3.05) is 11.9 Å². The predicted molar refractivity (Wildman–Crippen MR) is 86.7 cm³/mol. The molecule has 2 heterocycles. The molecule has 0 unspecified atom stereocenters. The molecule has 0 spiro atoms. The number of pyridine rings is 1. The molecule has 0 aliphatic rings. The minimum atomic E-state index is -0.928. The summed E-state index contributed by atoms with van der Waals surface area (Å²) in [5, 5.41) is 12.3. The third-order valence-corrected chi connectivity index (χ3v) is 4.23. The average molecular weight is 325 g/mol. The van der Waals surface area contributed by atoms with Crippen molar-refractivity contribution in [3.63, 3.8) is 0 Å². The van der Waals surface area contributed by atoms with Crippen molar-refractivity contribution in [2.45, 2.75) is 26.2 Å². The van der Waals surface area contributed by atoms with E-state index in [1.54, 1.807) is 23.5 Å². The van der Waals surface area contributed by atoms with Gasteiger partial charge < -0.3 is 10.4 Å². The molecule has 0 aliphatic carbocycles. The van der Waals surface area contributed by atoms with E-state index < -0.39 is 5.97 Å². The average Bonchev–Trinajstić information content (AvgIpc) is 2.84. The molecule has 112 valence electrons. The van der Waals surface area contributed by atoms with Gasteiger partial charge in [-0.05, 0) is 37.1 Å². The Bertz CT molecular complexity index is 628. The molecule has 21 heavy (non-hydrogen) atoms. The van der Waals surface area contributed by atoms with Crippen LogP contribution in [-0.4, -0.2) is 22.6 Å². The Kier molecular flexibility index (Phi) is 5.59. The first-order valence-corrected chi connectivity index (χ1v) is 8.00. The number of thiophene rings is 1. The molecular formula is C15H17ClN2O2S. The number of halogens is 1. The molecule has 0 fully saturated rings. The van der Waals surface area contributed by atoms with E-state index in [4.69, 9.17) is 16.7 Å². The highest BCUT2D eigenvalue weighted by molar-refractivity contribution is 7.16. The molecule has 2 rings (SSSR count). The third-order valence-electron chi connectivity index (χ3n) is 2.94. The van der Waals surface area contributed by atoms with Crippen LogP contribution in [0, 0.1) is 0 Å². The van der Waals surface area contributed by atoms with Gasteiger partial charge in [-0.25, -0.2) is 9.78 Å². The number of hydrogen-bond donors (Lipinski definition) is 2. The highest BCUT2D eigenvalue weighted by atomic mass is 35.5. The smallest absolute Gasteiger partial charge is 0.335 e. The summed E-state index contributed by atoms with van der Waals surface area (Å²) in [5.74, 6) is -0.316. The number of carbonyl (C=O) groups is 1. The lowest BCUT2D eigenvalue weighted by Gasteiger charge is -2.08. The van der Waals surface area contributed by atoms with Gasteiger partial charge in [-0.1, -0.05) is 24.9 Å². The quantitative estimate of drug-likeness (QED) is 0.804. The molecule has 2 aromatic rings. The van der Waals surface area contributed by atoms with Crippen LogP contribution in [0.2, 0.25) is 4.34 Å². The van der Waals surface area contributed by atoms with E-state index in [1.165, 1.54) is 4.88 Å². The molecule has 0 aromatic carbocycles. The Balaban J connectivity index is 2.02. The summed E-state index contributed by atoms with van der Waals surface area (Å²) in [5.41, 5.74) is 1.08. The molecule has 4 nitrogen and oxygen atoms in total. The normalized spacial score (nSPS) is 10.6. The van der Waals surface area contributed by atoms with Crippen LogP contribution in [0.3, 0.4) is 0 Å². The van der Waals surface area contributed by atoms with Crippen LogP contribution < -0.4 is 5.32 Å². The van der Waals surface area contributed by atoms with Gasteiger partial charge in [0.1, 0.15) is 5.82 Å². The number of carboxylic acid groups (broad SMARTS) is 1. The highest BCUT2D eigenvalue weighted by Gasteiger charge is 2.08. The van der Waals surface area contributed by atoms with Crippen LogP contribution in [0.25, 0.3) is 0 Å². The molecule has 0 saturated carbocycles. The van der Waals surface area contributed by atoms with Crippen molar-refractivity contribution in [1.82, 2.24) is 4.98 Å². The molecule has 0 bridgehead atoms. The number of rotatable bonds is 7. The van der Waals surface area contributed by atoms with Crippen LogP contribution in [-0.2, 0) is 12.8 Å². The standard InChI is InChI=1S/C15H17ClN2O2S/c1-2-3-11-8-10(15(19)20)9-14(18-11)17-7-6-12-4-5-13(16)21-12/h4-5,8-9H,2-3,6-7H2,1H3,(H,17,18)(H,19,20). The topological polar surface area (TPSA) is 62.2 Å². The second kappa shape index (κ2) is 7.43. The fraction of sp³-hybridized carbons (Fsp3) is 0.333. The summed E-state index contributed by atoms with van der Waals surface area (Å²) < 4.78 is 0.779. The Morgan fingerprint density at radius 3 is 2.81 bits per heavy atom. The minimum Gasteiger partial charge on any atom is -0.478 e. The molecule has 6 heteroatoms. The molecule has 0 radical (unpaired) electrons. The van der Waals surface area contributed by atoms with Crippen LogP contribution >= 0.6 is 22.9 Å². The molecule has 0 saturated heterocycles. The Hall–Kier alpha value is -1.59. The summed E-state index contributed by atoms with van der Waals surface area (Å²) in [6, 6.07) is 7.08. The first kappa shape index (κ1) is 15.8. The van der Waals surface area contributed by atoms with E-state index in [0.29, 0.717) is 12.4 Å². The van der Waals surface area contributed by atoms with Crippen LogP contribution in [0.4, 0.5) is 5.82 Å². The number of anilines is 1. The van der Waals surface area contributed by atoms with Gasteiger partial charge in [-0.15, -0.1) is 11.3 Å². The van der Waals surface area contributed by atoms with Crippen molar-refractivity contribution in [3.05, 3.63) is 44.7 Å². The Labute approximate surface area is 132 Å². The van der Waals surface area contributed by atoms with Gasteiger partial charge in [0.15, 0.2) is 0 Å². The third kappa shape index (κ3) is 4.72. The Morgan fingerprint density at radius 2 is 2.19 bits per heavy atom. The molecular weight excluding hydrogens is 308 g/mol. The van der Waals surface area contributed by atoms with Gasteiger partial charge in [0.05, 0.1) is 9.90 Å². The number of nitrogens with zero attached hydrogens (tertiary/aromatic N) is 1. The first-order valence-electron chi connectivity index (χ1n) is 6.81. The fourth-order valence-electron chi connectivity index (χ4n) is 1.99. The van der Waals surface area contributed by atoms with Crippen molar-refractivity contribution in [2.24, 2.45) is 0 Å². The zero-order valence-electron chi connectivity index (χ0n) is 11.7. The second-order valence-corrected chi connectivity index (χ2v) is 6.47. The van der Waals surface area contributed by atoms with Crippen molar-refractivity contribution in [1.29, 1.82) is 0 Å². The second-order valence-electron chi connectivity index (χ2n) is 4.67. The lowest BCUT2D eigenvalue weighted by Crippen LogP contribution is -2.09. The van der Waals surface area contributed by atoms with Gasteiger partial charge in [0.25, 0.3) is 0 Å². The van der Waals surface area contributed by atoms with E-state index in [-0.39, 0.29) is 5.56 Å². The molecule has 0 amide bonds. The predicted octanol–water partition coefficient (Wildman–Crippen LogP) is 4.10. The number of carboxylic acids is 1. The van der Waals surface area contributed by atoms with E-state index in [2.05, 4.69) is 10.3 Å². The minimum absolute atomic E-state index is 0.273. The van der Waals surface area contributed by atoms with Gasteiger partial charge in [0, 0.05) is 17.1 Å². The summed E-state index contributed by atoms with van der Waals surface area (Å²) in [4.78, 5) is 16.8. The maximum absolute atomic E-state index is 11.1. The summed E-state index contributed by atoms with van der Waals surface area (Å²) in [6.07, 6.45) is 2.54. The fourth-order valence-corrected chi connectivity index (χ4v) is 3.07. The van der Waals surface area contributed by atoms with E-state index in [1.807, 2.05) is 19.1 Å². The van der Waals surface area contributed by atoms with Crippen molar-refractivity contribution in [3.8, 4) is 0 Å². The van der Waals surface area contributed by atoms with Gasteiger partial charge in [-0.2, -0.15) is 0 Å². The largest absolute Gasteiger partial charge is 0.478 e. The lowest BCUT2D eigenvalue weighted by atomic mass is 10.1. The van der Waals surface area contributed by atoms with Gasteiger partial charge >= 0.3 is 5.97 Å². The Morgan fingerprint density at radius 1 is 1.38 bits per heavy atom. The van der Waals surface area contributed by atoms with Gasteiger partial charge in [0.2, 0.25) is 0 Å². The first-order chi connectivity index (χ1) is 10.1. The van der Waals surface area contributed by atoms with Crippen molar-refractivity contribution >= 4 is 34.7 Å². The van der Waals surface area contributed by atoms with Gasteiger partial charge in [-0.3, -0.25) is 0 Å². The van der Waals surface area contributed by atoms with E-state index in [9.17, 15) is 4.79 Å². The molecule has 0 atom stereocenters. The number of aromatic carboxylic acids is 1. The zero-order valence-corrected chi connectivity index (χ0v) is 13.3. The molecule has 0 aliphatic heterocycles. The summed E-state index contributed by atoms with van der Waals surface area (Å²) in [6.45, 7) is 2.74. The number of nitrogens with one attached hydrogen (secondary N) is 1. The van der Waals surface area contributed by atoms with E-state index in [0.717, 1.165) is 29.3 Å². The monoisotopic (exact) mass is 324 g/mol. The number of aromatic nitrogens is 1. The van der Waals surface area contributed by atoms with Crippen LogP contribution in [0.1, 0.15) is 34.3 Å². The summed E-state index contributed by atoms with van der Waals surface area (Å²) >= 11 is 7.44. The number of aryl methyl sites for hydroxylation is 1. The molecule has 2 aromatic heterocycles. The van der Waals surface area contributed by atoms with Crippen LogP contribution in [0.5, 0.6) is 0 Å². The summed E-state index contributed by atoms with van der Waals surface area (Å²) in [7, 11) is 0. The maximum Gasteiger partial charge on any atom is 0.335 e. The number of hydrogen-bond acceptors (Lipinski definition) is 4. The van der Waals surface area contributed by atoms with Crippen molar-refractivity contribution < 1.29 is 9.90 Å². The highest BCUT2D eigenvalue weighted by Crippen LogP contribution is 2.21.